The van der Waals surface area contributed by atoms with Gasteiger partial charge in [0.1, 0.15) is 0 Å². The molecule has 1 aromatic rings. The summed E-state index contributed by atoms with van der Waals surface area (Å²) in [4.78, 5) is 10.9. The van der Waals surface area contributed by atoms with Crippen molar-refractivity contribution in [2.24, 2.45) is 5.92 Å². The molecule has 0 aliphatic carbocycles. The molecule has 0 fully saturated rings. The summed E-state index contributed by atoms with van der Waals surface area (Å²) in [5, 5.41) is 10.9. The van der Waals surface area contributed by atoms with Crippen molar-refractivity contribution in [3.05, 3.63) is 39.4 Å². The fourth-order valence-corrected chi connectivity index (χ4v) is 1.88. The third kappa shape index (κ3) is 3.04. The Bertz CT molecular complexity index is 391. The summed E-state index contributed by atoms with van der Waals surface area (Å²) in [6, 6.07) is 5.22. The molecule has 1 atom stereocenters. The Balaban J connectivity index is 3.06. The van der Waals surface area contributed by atoms with E-state index in [0.29, 0.717) is 12.3 Å². The van der Waals surface area contributed by atoms with E-state index in [-0.39, 0.29) is 15.4 Å². The van der Waals surface area contributed by atoms with Crippen molar-refractivity contribution in [3.63, 3.8) is 0 Å². The van der Waals surface area contributed by atoms with Crippen LogP contribution in [0.4, 0.5) is 5.69 Å². The van der Waals surface area contributed by atoms with E-state index in [1.165, 1.54) is 0 Å². The van der Waals surface area contributed by atoms with Crippen molar-refractivity contribution in [2.45, 2.75) is 32.0 Å². The lowest BCUT2D eigenvalue weighted by Gasteiger charge is -2.15. The normalized spacial score (nSPS) is 12.8. The minimum Gasteiger partial charge on any atom is -0.258 e. The summed E-state index contributed by atoms with van der Waals surface area (Å²) >= 11 is 3.57. The summed E-state index contributed by atoms with van der Waals surface area (Å²) in [5.74, 6) is 0.458. The molecule has 16 heavy (non-hydrogen) atoms. The molecule has 88 valence electrons. The largest absolute Gasteiger partial charge is 0.272 e. The molecule has 4 heteroatoms. The molecule has 0 heterocycles. The smallest absolute Gasteiger partial charge is 0.258 e. The van der Waals surface area contributed by atoms with Crippen LogP contribution in [0.2, 0.25) is 0 Å². The number of hydrogen-bond acceptors (Lipinski definition) is 2. The molecule has 0 aliphatic rings. The Morgan fingerprint density at radius 2 is 2.06 bits per heavy atom. The van der Waals surface area contributed by atoms with Gasteiger partial charge in [-0.1, -0.05) is 41.9 Å². The van der Waals surface area contributed by atoms with Crippen LogP contribution >= 0.6 is 15.9 Å². The molecule has 0 amide bonds. The molecule has 0 aromatic heterocycles. The average Bonchev–Trinajstić information content (AvgIpc) is 2.20. The van der Waals surface area contributed by atoms with Crippen LogP contribution in [0.1, 0.15) is 25.0 Å². The lowest BCUT2D eigenvalue weighted by atomic mass is 9.97. The second-order valence-corrected chi connectivity index (χ2v) is 5.47. The maximum atomic E-state index is 10.9. The van der Waals surface area contributed by atoms with Crippen LogP contribution in [0, 0.1) is 23.0 Å². The Kier molecular flexibility index (Phi) is 4.47. The van der Waals surface area contributed by atoms with E-state index in [9.17, 15) is 10.1 Å². The first kappa shape index (κ1) is 13.2. The predicted octanol–water partition coefficient (Wildman–Crippen LogP) is 3.87. The van der Waals surface area contributed by atoms with E-state index in [1.54, 1.807) is 12.1 Å². The zero-order valence-corrected chi connectivity index (χ0v) is 11.3. The zero-order valence-electron chi connectivity index (χ0n) is 9.74. The molecular weight excluding hydrogens is 270 g/mol. The number of halogens is 1. The van der Waals surface area contributed by atoms with Crippen LogP contribution in [0.5, 0.6) is 0 Å². The fraction of sp³-hybridized carbons (Fsp3) is 0.500. The number of alkyl halides is 1. The number of nitrogens with zero attached hydrogens (tertiary/aromatic N) is 1. The molecule has 1 aromatic carbocycles. The third-order valence-corrected chi connectivity index (χ3v) is 4.09. The topological polar surface area (TPSA) is 43.1 Å². The second kappa shape index (κ2) is 5.43. The molecule has 0 saturated heterocycles. The van der Waals surface area contributed by atoms with Gasteiger partial charge >= 0.3 is 0 Å². The number of hydrogen-bond donors (Lipinski definition) is 0. The van der Waals surface area contributed by atoms with E-state index in [2.05, 4.69) is 29.8 Å². The van der Waals surface area contributed by atoms with Crippen LogP contribution in [-0.2, 0) is 6.42 Å². The summed E-state index contributed by atoms with van der Waals surface area (Å²) in [7, 11) is 0. The standard InChI is InChI=1S/C12H16BrNO2/c1-8(2)11(13)7-10-9(3)5-4-6-12(10)14(15)16/h4-6,8,11H,7H2,1-3H3. The van der Waals surface area contributed by atoms with E-state index < -0.39 is 0 Å². The first-order valence-electron chi connectivity index (χ1n) is 5.30. The van der Waals surface area contributed by atoms with Gasteiger partial charge < -0.3 is 0 Å². The first-order chi connectivity index (χ1) is 7.43. The predicted molar refractivity (Wildman–Crippen MR) is 69.1 cm³/mol. The number of rotatable bonds is 4. The summed E-state index contributed by atoms with van der Waals surface area (Å²) < 4.78 is 0. The third-order valence-electron chi connectivity index (χ3n) is 2.70. The number of aryl methyl sites for hydroxylation is 1. The van der Waals surface area contributed by atoms with Crippen molar-refractivity contribution < 1.29 is 4.92 Å². The molecule has 0 bridgehead atoms. The van der Waals surface area contributed by atoms with Crippen molar-refractivity contribution in [3.8, 4) is 0 Å². The highest BCUT2D eigenvalue weighted by molar-refractivity contribution is 9.09. The first-order valence-corrected chi connectivity index (χ1v) is 6.22. The molecular formula is C12H16BrNO2. The van der Waals surface area contributed by atoms with Crippen LogP contribution in [0.15, 0.2) is 18.2 Å². The van der Waals surface area contributed by atoms with Gasteiger partial charge in [-0.15, -0.1) is 0 Å². The van der Waals surface area contributed by atoms with Gasteiger partial charge in [0.25, 0.3) is 5.69 Å². The van der Waals surface area contributed by atoms with E-state index in [0.717, 1.165) is 11.1 Å². The van der Waals surface area contributed by atoms with Crippen LogP contribution in [-0.4, -0.2) is 9.75 Å². The molecule has 0 radical (unpaired) electrons. The number of nitro groups is 1. The van der Waals surface area contributed by atoms with Crippen molar-refractivity contribution in [1.82, 2.24) is 0 Å². The molecule has 0 aliphatic heterocycles. The van der Waals surface area contributed by atoms with Crippen LogP contribution in [0.25, 0.3) is 0 Å². The summed E-state index contributed by atoms with van der Waals surface area (Å²) in [6.45, 7) is 6.12. The van der Waals surface area contributed by atoms with Gasteiger partial charge in [0.2, 0.25) is 0 Å². The molecule has 1 unspecified atom stereocenters. The van der Waals surface area contributed by atoms with Gasteiger partial charge in [0.05, 0.1) is 4.92 Å². The Morgan fingerprint density at radius 3 is 2.56 bits per heavy atom. The Morgan fingerprint density at radius 1 is 1.44 bits per heavy atom. The van der Waals surface area contributed by atoms with E-state index in [1.807, 2.05) is 13.0 Å². The monoisotopic (exact) mass is 285 g/mol. The molecule has 0 spiro atoms. The minimum atomic E-state index is -0.303. The summed E-state index contributed by atoms with van der Waals surface area (Å²) in [5.41, 5.74) is 2.05. The highest BCUT2D eigenvalue weighted by Gasteiger charge is 2.19. The maximum Gasteiger partial charge on any atom is 0.272 e. The molecule has 3 nitrogen and oxygen atoms in total. The Hall–Kier alpha value is -0.900. The molecule has 0 N–H and O–H groups in total. The minimum absolute atomic E-state index is 0.227. The average molecular weight is 286 g/mol. The van der Waals surface area contributed by atoms with Crippen molar-refractivity contribution in [2.75, 3.05) is 0 Å². The second-order valence-electron chi connectivity index (χ2n) is 4.29. The summed E-state index contributed by atoms with van der Waals surface area (Å²) in [6.07, 6.45) is 0.695. The van der Waals surface area contributed by atoms with Gasteiger partial charge in [-0.05, 0) is 24.8 Å². The quantitative estimate of drug-likeness (QED) is 0.479. The van der Waals surface area contributed by atoms with Gasteiger partial charge in [0, 0.05) is 16.5 Å². The zero-order chi connectivity index (χ0) is 12.3. The van der Waals surface area contributed by atoms with Crippen LogP contribution in [0.3, 0.4) is 0 Å². The lowest BCUT2D eigenvalue weighted by molar-refractivity contribution is -0.385. The fourth-order valence-electron chi connectivity index (χ4n) is 1.55. The van der Waals surface area contributed by atoms with Gasteiger partial charge in [0.15, 0.2) is 0 Å². The highest BCUT2D eigenvalue weighted by Crippen LogP contribution is 2.27. The molecule has 1 rings (SSSR count). The Labute approximate surface area is 104 Å². The SMILES string of the molecule is Cc1cccc([N+](=O)[O-])c1CC(Br)C(C)C. The van der Waals surface area contributed by atoms with Crippen LogP contribution < -0.4 is 0 Å². The van der Waals surface area contributed by atoms with Crippen molar-refractivity contribution >= 4 is 21.6 Å². The van der Waals surface area contributed by atoms with Gasteiger partial charge in [-0.2, -0.15) is 0 Å². The van der Waals surface area contributed by atoms with Gasteiger partial charge in [-0.25, -0.2) is 0 Å². The highest BCUT2D eigenvalue weighted by atomic mass is 79.9. The lowest BCUT2D eigenvalue weighted by Crippen LogP contribution is -2.12. The van der Waals surface area contributed by atoms with E-state index in [4.69, 9.17) is 0 Å². The number of benzene rings is 1. The van der Waals surface area contributed by atoms with Gasteiger partial charge in [-0.3, -0.25) is 10.1 Å². The van der Waals surface area contributed by atoms with E-state index >= 15 is 0 Å². The maximum absolute atomic E-state index is 10.9. The molecule has 0 saturated carbocycles. The van der Waals surface area contributed by atoms with Crippen molar-refractivity contribution in [1.29, 1.82) is 0 Å². The number of nitro benzene ring substituents is 1.